The molecular formula is C7H6N3O2. The lowest BCUT2D eigenvalue weighted by Gasteiger charge is -1.90. The van der Waals surface area contributed by atoms with Gasteiger partial charge in [-0.25, -0.2) is 9.98 Å². The standard InChI is InChI=1S/C7H6N3O2/c1-2-8-7-4-3-6(5-9-7)10(11)12/h2-5H,1H2. The molecule has 0 atom stereocenters. The van der Waals surface area contributed by atoms with E-state index in [1.54, 1.807) is 0 Å². The van der Waals surface area contributed by atoms with Gasteiger partial charge in [0.15, 0.2) is 5.82 Å². The van der Waals surface area contributed by atoms with Gasteiger partial charge < -0.3 is 0 Å². The summed E-state index contributed by atoms with van der Waals surface area (Å²) < 4.78 is 0. The van der Waals surface area contributed by atoms with E-state index in [1.807, 2.05) is 0 Å². The van der Waals surface area contributed by atoms with E-state index in [2.05, 4.69) is 16.9 Å². The van der Waals surface area contributed by atoms with Gasteiger partial charge in [-0.05, 0) is 13.0 Å². The van der Waals surface area contributed by atoms with E-state index in [-0.39, 0.29) is 5.69 Å². The summed E-state index contributed by atoms with van der Waals surface area (Å²) in [5, 5.41) is 10.2. The summed E-state index contributed by atoms with van der Waals surface area (Å²) in [6, 6.07) is 2.80. The molecular weight excluding hydrogens is 158 g/mol. The molecule has 1 aromatic rings. The van der Waals surface area contributed by atoms with Crippen LogP contribution in [-0.4, -0.2) is 16.1 Å². The Hall–Kier alpha value is -1.78. The second kappa shape index (κ2) is 3.56. The smallest absolute Gasteiger partial charge is 0.258 e. The van der Waals surface area contributed by atoms with E-state index in [0.29, 0.717) is 5.82 Å². The zero-order chi connectivity index (χ0) is 8.97. The number of hydrogen-bond acceptors (Lipinski definition) is 4. The van der Waals surface area contributed by atoms with Gasteiger partial charge in [0.25, 0.3) is 5.69 Å². The lowest BCUT2D eigenvalue weighted by molar-refractivity contribution is -0.385. The second-order valence-electron chi connectivity index (χ2n) is 1.94. The van der Waals surface area contributed by atoms with Crippen LogP contribution in [0.3, 0.4) is 0 Å². The first-order valence-corrected chi connectivity index (χ1v) is 3.16. The maximum absolute atomic E-state index is 10.2. The lowest BCUT2D eigenvalue weighted by atomic mass is 10.4. The average molecular weight is 164 g/mol. The van der Waals surface area contributed by atoms with Crippen molar-refractivity contribution in [3.05, 3.63) is 35.4 Å². The average Bonchev–Trinajstić information content (AvgIpc) is 2.06. The molecule has 0 aliphatic rings. The van der Waals surface area contributed by atoms with Crippen molar-refractivity contribution in [1.82, 2.24) is 4.98 Å². The Labute approximate surface area is 68.9 Å². The van der Waals surface area contributed by atoms with Crippen LogP contribution in [0.1, 0.15) is 0 Å². The largest absolute Gasteiger partial charge is 0.287 e. The first kappa shape index (κ1) is 8.32. The zero-order valence-corrected chi connectivity index (χ0v) is 6.17. The Morgan fingerprint density at radius 1 is 1.67 bits per heavy atom. The number of pyridine rings is 1. The van der Waals surface area contributed by atoms with Crippen LogP contribution in [-0.2, 0) is 0 Å². The van der Waals surface area contributed by atoms with E-state index in [4.69, 9.17) is 0 Å². The van der Waals surface area contributed by atoms with Crippen molar-refractivity contribution in [3.8, 4) is 0 Å². The Bertz CT molecular complexity index is 305. The molecule has 0 saturated heterocycles. The summed E-state index contributed by atoms with van der Waals surface area (Å²) in [4.78, 5) is 17.1. The van der Waals surface area contributed by atoms with Gasteiger partial charge in [0.1, 0.15) is 6.20 Å². The Balaban J connectivity index is 2.93. The molecule has 0 fully saturated rings. The van der Waals surface area contributed by atoms with Crippen LogP contribution >= 0.6 is 0 Å². The summed E-state index contributed by atoms with van der Waals surface area (Å²) in [5.41, 5.74) is -0.0435. The topological polar surface area (TPSA) is 68.4 Å². The molecule has 1 rings (SSSR count). The fourth-order valence-electron chi connectivity index (χ4n) is 0.656. The Kier molecular flexibility index (Phi) is 2.47. The molecule has 0 aromatic carbocycles. The highest BCUT2D eigenvalue weighted by molar-refractivity contribution is 5.65. The van der Waals surface area contributed by atoms with Crippen molar-refractivity contribution in [3.63, 3.8) is 0 Å². The first-order chi connectivity index (χ1) is 5.74. The number of aromatic nitrogens is 1. The molecule has 0 N–H and O–H groups in total. The zero-order valence-electron chi connectivity index (χ0n) is 6.17. The summed E-state index contributed by atoms with van der Waals surface area (Å²) in [7, 11) is 0. The molecule has 0 amide bonds. The Morgan fingerprint density at radius 3 is 2.83 bits per heavy atom. The minimum atomic E-state index is -0.509. The van der Waals surface area contributed by atoms with Crippen LogP contribution in [0.25, 0.3) is 0 Å². The maximum atomic E-state index is 10.2. The molecule has 0 saturated carbocycles. The number of nitro groups is 1. The van der Waals surface area contributed by atoms with Crippen molar-refractivity contribution >= 4 is 17.7 Å². The fraction of sp³-hybridized carbons (Fsp3) is 0. The molecule has 0 unspecified atom stereocenters. The normalized spacial score (nSPS) is 10.4. The fourth-order valence-corrected chi connectivity index (χ4v) is 0.656. The van der Waals surface area contributed by atoms with Crippen molar-refractivity contribution in [2.24, 2.45) is 4.99 Å². The molecule has 1 heterocycles. The third kappa shape index (κ3) is 1.85. The van der Waals surface area contributed by atoms with Crippen LogP contribution < -0.4 is 0 Å². The summed E-state index contributed by atoms with van der Waals surface area (Å²) in [6.45, 7) is 3.37. The molecule has 0 aliphatic carbocycles. The minimum absolute atomic E-state index is 0.0435. The minimum Gasteiger partial charge on any atom is -0.258 e. The van der Waals surface area contributed by atoms with Gasteiger partial charge >= 0.3 is 0 Å². The molecule has 5 heteroatoms. The van der Waals surface area contributed by atoms with E-state index in [9.17, 15) is 10.1 Å². The highest BCUT2D eigenvalue weighted by Crippen LogP contribution is 2.13. The van der Waals surface area contributed by atoms with Crippen molar-refractivity contribution in [2.45, 2.75) is 0 Å². The highest BCUT2D eigenvalue weighted by Gasteiger charge is 2.03. The number of aliphatic imine (C=N–C) groups is 1. The van der Waals surface area contributed by atoms with Crippen LogP contribution in [0.5, 0.6) is 0 Å². The van der Waals surface area contributed by atoms with Crippen molar-refractivity contribution in [1.29, 1.82) is 0 Å². The SMILES string of the molecule is [CH2]C=Nc1ccc([N+](=O)[O-])cn1. The quantitative estimate of drug-likeness (QED) is 0.378. The van der Waals surface area contributed by atoms with E-state index < -0.39 is 4.92 Å². The van der Waals surface area contributed by atoms with Crippen LogP contribution in [0.15, 0.2) is 23.3 Å². The van der Waals surface area contributed by atoms with Gasteiger partial charge in [-0.15, -0.1) is 0 Å². The lowest BCUT2D eigenvalue weighted by Crippen LogP contribution is -1.87. The van der Waals surface area contributed by atoms with Crippen LogP contribution in [0.2, 0.25) is 0 Å². The number of hydrogen-bond donors (Lipinski definition) is 0. The molecule has 1 radical (unpaired) electrons. The van der Waals surface area contributed by atoms with Crippen LogP contribution in [0, 0.1) is 17.0 Å². The third-order valence-corrected chi connectivity index (χ3v) is 1.17. The van der Waals surface area contributed by atoms with Gasteiger partial charge in [0.2, 0.25) is 0 Å². The van der Waals surface area contributed by atoms with Crippen molar-refractivity contribution in [2.75, 3.05) is 0 Å². The third-order valence-electron chi connectivity index (χ3n) is 1.17. The summed E-state index contributed by atoms with van der Waals surface area (Å²) in [6.07, 6.45) is 2.48. The van der Waals surface area contributed by atoms with E-state index in [1.165, 1.54) is 18.3 Å². The summed E-state index contributed by atoms with van der Waals surface area (Å²) >= 11 is 0. The molecule has 0 spiro atoms. The molecule has 0 aliphatic heterocycles. The predicted octanol–water partition coefficient (Wildman–Crippen LogP) is 1.53. The molecule has 12 heavy (non-hydrogen) atoms. The molecule has 5 nitrogen and oxygen atoms in total. The highest BCUT2D eigenvalue weighted by atomic mass is 16.6. The summed E-state index contributed by atoms with van der Waals surface area (Å²) in [5.74, 6) is 0.413. The predicted molar refractivity (Wildman–Crippen MR) is 44.4 cm³/mol. The van der Waals surface area contributed by atoms with Gasteiger partial charge in [-0.2, -0.15) is 0 Å². The van der Waals surface area contributed by atoms with Crippen LogP contribution in [0.4, 0.5) is 11.5 Å². The van der Waals surface area contributed by atoms with Gasteiger partial charge in [0, 0.05) is 12.3 Å². The molecule has 0 bridgehead atoms. The maximum Gasteiger partial charge on any atom is 0.287 e. The van der Waals surface area contributed by atoms with Crippen molar-refractivity contribution < 1.29 is 4.92 Å². The van der Waals surface area contributed by atoms with Gasteiger partial charge in [-0.3, -0.25) is 10.1 Å². The second-order valence-corrected chi connectivity index (χ2v) is 1.94. The monoisotopic (exact) mass is 164 g/mol. The van der Waals surface area contributed by atoms with E-state index in [0.717, 1.165) is 6.20 Å². The van der Waals surface area contributed by atoms with E-state index >= 15 is 0 Å². The molecule has 61 valence electrons. The van der Waals surface area contributed by atoms with Gasteiger partial charge in [-0.1, -0.05) is 0 Å². The van der Waals surface area contributed by atoms with Gasteiger partial charge in [0.05, 0.1) is 4.92 Å². The molecule has 1 aromatic heterocycles. The first-order valence-electron chi connectivity index (χ1n) is 3.16. The Morgan fingerprint density at radius 2 is 2.42 bits per heavy atom. The number of rotatable bonds is 2. The number of nitrogens with zero attached hydrogens (tertiary/aromatic N) is 3.